The lowest BCUT2D eigenvalue weighted by atomic mass is 9.98. The minimum atomic E-state index is -3.59. The Morgan fingerprint density at radius 3 is 2.38 bits per heavy atom. The largest absolute Gasteiger partial charge is 0.455 e. The fraction of sp³-hybridized carbons (Fsp3) is 0.316. The number of ether oxygens (including phenoxy) is 1. The molecule has 0 unspecified atom stereocenters. The summed E-state index contributed by atoms with van der Waals surface area (Å²) in [4.78, 5) is 36.4. The lowest BCUT2D eigenvalue weighted by Crippen LogP contribution is -2.41. The predicted molar refractivity (Wildman–Crippen MR) is 106 cm³/mol. The maximum absolute atomic E-state index is 12.6. The Kier molecular flexibility index (Phi) is 6.78. The van der Waals surface area contributed by atoms with E-state index in [4.69, 9.17) is 4.74 Å². The highest BCUT2D eigenvalue weighted by Gasteiger charge is 2.33. The van der Waals surface area contributed by atoms with Crippen LogP contribution >= 0.6 is 11.3 Å². The Morgan fingerprint density at radius 1 is 1.07 bits per heavy atom. The first kappa shape index (κ1) is 21.2. The Morgan fingerprint density at radius 2 is 1.76 bits per heavy atom. The molecule has 10 heteroatoms. The number of thiophene rings is 1. The van der Waals surface area contributed by atoms with Crippen LogP contribution in [0.25, 0.3) is 0 Å². The van der Waals surface area contributed by atoms with Crippen LogP contribution in [0.2, 0.25) is 0 Å². The van der Waals surface area contributed by atoms with E-state index in [2.05, 4.69) is 5.32 Å². The van der Waals surface area contributed by atoms with E-state index in [9.17, 15) is 22.8 Å². The molecule has 154 valence electrons. The molecule has 0 bridgehead atoms. The molecule has 1 aromatic heterocycles. The quantitative estimate of drug-likeness (QED) is 0.690. The SMILES string of the molecule is O=C(COC(=O)C1CCN(S(=O)(=O)c2ccccc2)CC1)NC(=O)c1cccs1. The molecule has 0 spiro atoms. The molecule has 1 fully saturated rings. The van der Waals surface area contributed by atoms with Crippen molar-refractivity contribution in [3.05, 3.63) is 52.7 Å². The number of imide groups is 1. The van der Waals surface area contributed by atoms with E-state index < -0.39 is 40.3 Å². The minimum absolute atomic E-state index is 0.194. The molecule has 0 atom stereocenters. The number of nitrogens with one attached hydrogen (secondary N) is 1. The van der Waals surface area contributed by atoms with E-state index >= 15 is 0 Å². The van der Waals surface area contributed by atoms with Crippen molar-refractivity contribution in [3.8, 4) is 0 Å². The number of carbonyl (C=O) groups excluding carboxylic acids is 3. The molecule has 1 N–H and O–H groups in total. The second-order valence-corrected chi connectivity index (χ2v) is 9.34. The number of amides is 2. The summed E-state index contributed by atoms with van der Waals surface area (Å²) in [6, 6.07) is 11.4. The van der Waals surface area contributed by atoms with Gasteiger partial charge in [0.25, 0.3) is 11.8 Å². The molecule has 0 radical (unpaired) electrons. The van der Waals surface area contributed by atoms with Crippen molar-refractivity contribution >= 4 is 39.1 Å². The molecule has 0 aliphatic carbocycles. The molecule has 2 aromatic rings. The number of sulfonamides is 1. The van der Waals surface area contributed by atoms with E-state index in [1.807, 2.05) is 0 Å². The summed E-state index contributed by atoms with van der Waals surface area (Å²) in [5, 5.41) is 3.87. The van der Waals surface area contributed by atoms with Gasteiger partial charge < -0.3 is 4.74 Å². The van der Waals surface area contributed by atoms with Crippen molar-refractivity contribution in [1.82, 2.24) is 9.62 Å². The lowest BCUT2D eigenvalue weighted by molar-refractivity contribution is -0.153. The zero-order valence-electron chi connectivity index (χ0n) is 15.4. The smallest absolute Gasteiger partial charge is 0.309 e. The first-order chi connectivity index (χ1) is 13.9. The third kappa shape index (κ3) is 5.28. The average molecular weight is 437 g/mol. The van der Waals surface area contributed by atoms with E-state index in [1.54, 1.807) is 35.7 Å². The summed E-state index contributed by atoms with van der Waals surface area (Å²) in [5.41, 5.74) is 0. The minimum Gasteiger partial charge on any atom is -0.455 e. The molecule has 1 aliphatic rings. The highest BCUT2D eigenvalue weighted by molar-refractivity contribution is 7.89. The fourth-order valence-corrected chi connectivity index (χ4v) is 5.07. The molecule has 1 aliphatic heterocycles. The maximum atomic E-state index is 12.6. The first-order valence-electron chi connectivity index (χ1n) is 8.97. The van der Waals surface area contributed by atoms with Crippen LogP contribution < -0.4 is 5.32 Å². The summed E-state index contributed by atoms with van der Waals surface area (Å²) >= 11 is 1.19. The highest BCUT2D eigenvalue weighted by Crippen LogP contribution is 2.24. The van der Waals surface area contributed by atoms with Crippen molar-refractivity contribution in [2.45, 2.75) is 17.7 Å². The second kappa shape index (κ2) is 9.29. The van der Waals surface area contributed by atoms with E-state index in [-0.39, 0.29) is 18.0 Å². The molecular formula is C19H20N2O6S2. The van der Waals surface area contributed by atoms with Gasteiger partial charge in [-0.2, -0.15) is 4.31 Å². The van der Waals surface area contributed by atoms with Crippen LogP contribution in [0.3, 0.4) is 0 Å². The Hall–Kier alpha value is -2.56. The van der Waals surface area contributed by atoms with Gasteiger partial charge in [0, 0.05) is 13.1 Å². The van der Waals surface area contributed by atoms with E-state index in [0.717, 1.165) is 0 Å². The van der Waals surface area contributed by atoms with Gasteiger partial charge in [0.05, 0.1) is 15.7 Å². The van der Waals surface area contributed by atoms with Crippen molar-refractivity contribution in [3.63, 3.8) is 0 Å². The standard InChI is InChI=1S/C19H20N2O6S2/c22-17(20-18(23)16-7-4-12-28-16)13-27-19(24)14-8-10-21(11-9-14)29(25,26)15-5-2-1-3-6-15/h1-7,12,14H,8-11,13H2,(H,20,22,23). The molecule has 1 saturated heterocycles. The van der Waals surface area contributed by atoms with Gasteiger partial charge in [-0.15, -0.1) is 11.3 Å². The van der Waals surface area contributed by atoms with Crippen molar-refractivity contribution in [2.75, 3.05) is 19.7 Å². The van der Waals surface area contributed by atoms with E-state index in [0.29, 0.717) is 17.7 Å². The van der Waals surface area contributed by atoms with Gasteiger partial charge in [-0.25, -0.2) is 8.42 Å². The summed E-state index contributed by atoms with van der Waals surface area (Å²) in [5.74, 6) is -2.31. The van der Waals surface area contributed by atoms with Gasteiger partial charge in [0.15, 0.2) is 6.61 Å². The summed E-state index contributed by atoms with van der Waals surface area (Å²) in [7, 11) is -3.59. The molecule has 8 nitrogen and oxygen atoms in total. The molecule has 3 rings (SSSR count). The number of esters is 1. The van der Waals surface area contributed by atoms with Gasteiger partial charge in [-0.3, -0.25) is 19.7 Å². The Balaban J connectivity index is 1.45. The molecule has 2 amide bonds. The molecule has 2 heterocycles. The monoisotopic (exact) mass is 436 g/mol. The van der Waals surface area contributed by atoms with Gasteiger partial charge in [-0.05, 0) is 36.4 Å². The molecule has 1 aromatic carbocycles. The van der Waals surface area contributed by atoms with Crippen LogP contribution in [-0.2, 0) is 24.3 Å². The van der Waals surface area contributed by atoms with E-state index in [1.165, 1.54) is 27.8 Å². The molecule has 29 heavy (non-hydrogen) atoms. The van der Waals surface area contributed by atoms with Gasteiger partial charge in [0.1, 0.15) is 0 Å². The van der Waals surface area contributed by atoms with Crippen LogP contribution in [0.4, 0.5) is 0 Å². The van der Waals surface area contributed by atoms with Crippen LogP contribution in [-0.4, -0.2) is 50.2 Å². The average Bonchev–Trinajstić information content (AvgIpc) is 3.28. The zero-order valence-corrected chi connectivity index (χ0v) is 17.1. The number of hydrogen-bond acceptors (Lipinski definition) is 7. The summed E-state index contributed by atoms with van der Waals surface area (Å²) in [6.45, 7) is -0.168. The summed E-state index contributed by atoms with van der Waals surface area (Å²) in [6.07, 6.45) is 0.612. The highest BCUT2D eigenvalue weighted by atomic mass is 32.2. The van der Waals surface area contributed by atoms with Crippen molar-refractivity contribution in [2.24, 2.45) is 5.92 Å². The van der Waals surface area contributed by atoms with Crippen molar-refractivity contribution < 1.29 is 27.5 Å². The molecular weight excluding hydrogens is 416 g/mol. The Bertz CT molecular complexity index is 965. The zero-order chi connectivity index (χ0) is 20.9. The number of carbonyl (C=O) groups is 3. The number of rotatable bonds is 6. The fourth-order valence-electron chi connectivity index (χ4n) is 2.96. The van der Waals surface area contributed by atoms with Gasteiger partial charge in [0.2, 0.25) is 10.0 Å². The number of hydrogen-bond donors (Lipinski definition) is 1. The third-order valence-corrected chi connectivity index (χ3v) is 7.29. The molecule has 0 saturated carbocycles. The van der Waals surface area contributed by atoms with Crippen LogP contribution in [0.15, 0.2) is 52.7 Å². The van der Waals surface area contributed by atoms with Crippen LogP contribution in [0.1, 0.15) is 22.5 Å². The van der Waals surface area contributed by atoms with Gasteiger partial charge >= 0.3 is 5.97 Å². The number of nitrogens with zero attached hydrogens (tertiary/aromatic N) is 1. The van der Waals surface area contributed by atoms with Crippen LogP contribution in [0.5, 0.6) is 0 Å². The van der Waals surface area contributed by atoms with Crippen LogP contribution in [0, 0.1) is 5.92 Å². The predicted octanol–water partition coefficient (Wildman–Crippen LogP) is 1.65. The Labute approximate surface area is 172 Å². The second-order valence-electron chi connectivity index (χ2n) is 6.45. The normalized spacial score (nSPS) is 15.6. The van der Waals surface area contributed by atoms with Gasteiger partial charge in [-0.1, -0.05) is 24.3 Å². The third-order valence-electron chi connectivity index (χ3n) is 4.51. The van der Waals surface area contributed by atoms with Crippen molar-refractivity contribution in [1.29, 1.82) is 0 Å². The first-order valence-corrected chi connectivity index (χ1v) is 11.3. The topological polar surface area (TPSA) is 110 Å². The maximum Gasteiger partial charge on any atom is 0.309 e. The number of benzene rings is 1. The lowest BCUT2D eigenvalue weighted by Gasteiger charge is -2.30. The summed E-state index contributed by atoms with van der Waals surface area (Å²) < 4.78 is 31.6. The number of piperidine rings is 1.